The lowest BCUT2D eigenvalue weighted by molar-refractivity contribution is 0.0390. The average Bonchev–Trinajstić information content (AvgIpc) is 2.44. The van der Waals surface area contributed by atoms with E-state index in [0.717, 1.165) is 42.1 Å². The second-order valence-corrected chi connectivity index (χ2v) is 6.34. The maximum Gasteiger partial charge on any atom is 0.0548 e. The molecule has 2 nitrogen and oxygen atoms in total. The van der Waals surface area contributed by atoms with Crippen molar-refractivity contribution in [2.45, 2.75) is 32.2 Å². The molecule has 1 aliphatic heterocycles. The minimum atomic E-state index is 0.355. The molecule has 19 heavy (non-hydrogen) atoms. The zero-order chi connectivity index (χ0) is 13.7. The Kier molecular flexibility index (Phi) is 6.14. The molecule has 1 heterocycles. The van der Waals surface area contributed by atoms with Gasteiger partial charge in [-0.25, -0.2) is 0 Å². The summed E-state index contributed by atoms with van der Waals surface area (Å²) in [5, 5.41) is 4.42. The highest BCUT2D eigenvalue weighted by Gasteiger charge is 2.25. The molecule has 0 aromatic heterocycles. The first-order valence-electron chi connectivity index (χ1n) is 6.98. The number of nitrogens with one attached hydrogen (secondary N) is 1. The van der Waals surface area contributed by atoms with E-state index in [2.05, 4.69) is 40.3 Å². The van der Waals surface area contributed by atoms with Crippen LogP contribution in [0, 0.1) is 5.92 Å². The van der Waals surface area contributed by atoms with Gasteiger partial charge in [0, 0.05) is 23.0 Å². The summed E-state index contributed by atoms with van der Waals surface area (Å²) in [6.45, 7) is 4.98. The van der Waals surface area contributed by atoms with Gasteiger partial charge >= 0.3 is 0 Å². The lowest BCUT2D eigenvalue weighted by atomic mass is 9.88. The zero-order valence-electron chi connectivity index (χ0n) is 11.3. The van der Waals surface area contributed by atoms with E-state index >= 15 is 0 Å². The molecule has 0 bridgehead atoms. The molecule has 1 aromatic carbocycles. The summed E-state index contributed by atoms with van der Waals surface area (Å²) >= 11 is 9.60. The Hall–Kier alpha value is -0.0900. The summed E-state index contributed by atoms with van der Waals surface area (Å²) in [7, 11) is 0. The van der Waals surface area contributed by atoms with Crippen molar-refractivity contribution in [2.24, 2.45) is 5.92 Å². The normalized spacial score (nSPS) is 21.3. The van der Waals surface area contributed by atoms with Gasteiger partial charge in [-0.05, 0) is 59.4 Å². The van der Waals surface area contributed by atoms with Crippen molar-refractivity contribution in [3.63, 3.8) is 0 Å². The van der Waals surface area contributed by atoms with Crippen molar-refractivity contribution in [2.75, 3.05) is 19.8 Å². The van der Waals surface area contributed by atoms with Crippen LogP contribution in [0.3, 0.4) is 0 Å². The summed E-state index contributed by atoms with van der Waals surface area (Å²) in [6, 6.07) is 6.57. The summed E-state index contributed by atoms with van der Waals surface area (Å²) in [5.74, 6) is 0.549. The van der Waals surface area contributed by atoms with E-state index in [0.29, 0.717) is 12.0 Å². The Morgan fingerprint density at radius 1 is 1.53 bits per heavy atom. The average molecular weight is 347 g/mol. The van der Waals surface area contributed by atoms with Crippen LogP contribution in [0.1, 0.15) is 37.8 Å². The third-order valence-electron chi connectivity index (χ3n) is 3.58. The van der Waals surface area contributed by atoms with Gasteiger partial charge < -0.3 is 10.1 Å². The van der Waals surface area contributed by atoms with Crippen molar-refractivity contribution >= 4 is 27.5 Å². The van der Waals surface area contributed by atoms with Crippen LogP contribution in [0.4, 0.5) is 0 Å². The van der Waals surface area contributed by atoms with Gasteiger partial charge in [0.25, 0.3) is 0 Å². The number of ether oxygens (including phenoxy) is 1. The van der Waals surface area contributed by atoms with Gasteiger partial charge in [0.05, 0.1) is 11.6 Å². The smallest absolute Gasteiger partial charge is 0.0548 e. The molecule has 0 saturated carbocycles. The van der Waals surface area contributed by atoms with Gasteiger partial charge in [-0.15, -0.1) is 0 Å². The van der Waals surface area contributed by atoms with E-state index in [4.69, 9.17) is 16.3 Å². The van der Waals surface area contributed by atoms with Crippen LogP contribution in [0.25, 0.3) is 0 Å². The largest absolute Gasteiger partial charge is 0.381 e. The summed E-state index contributed by atoms with van der Waals surface area (Å²) in [4.78, 5) is 0. The van der Waals surface area contributed by atoms with E-state index < -0.39 is 0 Å². The van der Waals surface area contributed by atoms with Crippen LogP contribution < -0.4 is 5.32 Å². The first-order chi connectivity index (χ1) is 9.22. The van der Waals surface area contributed by atoms with E-state index in [9.17, 15) is 0 Å². The van der Waals surface area contributed by atoms with Gasteiger partial charge in [0.15, 0.2) is 0 Å². The molecule has 0 radical (unpaired) electrons. The van der Waals surface area contributed by atoms with E-state index in [1.54, 1.807) is 0 Å². The quantitative estimate of drug-likeness (QED) is 0.843. The van der Waals surface area contributed by atoms with Gasteiger partial charge in [-0.2, -0.15) is 0 Å². The Bertz CT molecular complexity index is 407. The molecule has 106 valence electrons. The van der Waals surface area contributed by atoms with E-state index in [-0.39, 0.29) is 0 Å². The highest BCUT2D eigenvalue weighted by Crippen LogP contribution is 2.32. The third kappa shape index (κ3) is 4.19. The molecular weight excluding hydrogens is 326 g/mol. The standard InChI is InChI=1S/C15H21BrClNO/c1-2-7-18-15(12-4-3-8-19-10-12)11-5-6-14(17)13(16)9-11/h5-6,9,12,15,18H,2-4,7-8,10H2,1H3. The molecule has 0 aliphatic carbocycles. The fourth-order valence-corrected chi connectivity index (χ4v) is 3.10. The second kappa shape index (κ2) is 7.63. The van der Waals surface area contributed by atoms with Gasteiger partial charge in [-0.1, -0.05) is 24.6 Å². The first kappa shape index (κ1) is 15.3. The Labute approximate surface area is 129 Å². The van der Waals surface area contributed by atoms with Crippen LogP contribution in [0.2, 0.25) is 5.02 Å². The zero-order valence-corrected chi connectivity index (χ0v) is 13.6. The van der Waals surface area contributed by atoms with Crippen LogP contribution in [0.15, 0.2) is 22.7 Å². The molecule has 1 saturated heterocycles. The highest BCUT2D eigenvalue weighted by molar-refractivity contribution is 9.10. The second-order valence-electron chi connectivity index (χ2n) is 5.08. The van der Waals surface area contributed by atoms with Crippen molar-refractivity contribution in [3.8, 4) is 0 Å². The van der Waals surface area contributed by atoms with E-state index in [1.807, 2.05) is 6.07 Å². The fraction of sp³-hybridized carbons (Fsp3) is 0.600. The molecular formula is C15H21BrClNO. The number of benzene rings is 1. The Balaban J connectivity index is 2.17. The van der Waals surface area contributed by atoms with Crippen molar-refractivity contribution in [1.29, 1.82) is 0 Å². The lowest BCUT2D eigenvalue weighted by Crippen LogP contribution is -2.33. The highest BCUT2D eigenvalue weighted by atomic mass is 79.9. The van der Waals surface area contributed by atoms with Crippen LogP contribution in [0.5, 0.6) is 0 Å². The molecule has 4 heteroatoms. The van der Waals surface area contributed by atoms with Crippen molar-refractivity contribution in [3.05, 3.63) is 33.3 Å². The fourth-order valence-electron chi connectivity index (χ4n) is 2.59. The Morgan fingerprint density at radius 3 is 3.00 bits per heavy atom. The maximum absolute atomic E-state index is 6.08. The van der Waals surface area contributed by atoms with Crippen LogP contribution in [-0.4, -0.2) is 19.8 Å². The Morgan fingerprint density at radius 2 is 2.37 bits per heavy atom. The van der Waals surface area contributed by atoms with Crippen molar-refractivity contribution in [1.82, 2.24) is 5.32 Å². The molecule has 0 spiro atoms. The maximum atomic E-state index is 6.08. The molecule has 2 atom stereocenters. The number of rotatable bonds is 5. The topological polar surface area (TPSA) is 21.3 Å². The predicted octanol–water partition coefficient (Wildman–Crippen LogP) is 4.57. The SMILES string of the molecule is CCCNC(c1ccc(Cl)c(Br)c1)C1CCCOC1. The molecule has 2 rings (SSSR count). The van der Waals surface area contributed by atoms with Gasteiger partial charge in [0.1, 0.15) is 0 Å². The van der Waals surface area contributed by atoms with Gasteiger partial charge in [-0.3, -0.25) is 0 Å². The molecule has 1 N–H and O–H groups in total. The molecule has 1 aliphatic rings. The number of hydrogen-bond acceptors (Lipinski definition) is 2. The summed E-state index contributed by atoms with van der Waals surface area (Å²) < 4.78 is 6.61. The third-order valence-corrected chi connectivity index (χ3v) is 4.80. The number of hydrogen-bond donors (Lipinski definition) is 1. The van der Waals surface area contributed by atoms with Gasteiger partial charge in [0.2, 0.25) is 0 Å². The number of halogens is 2. The first-order valence-corrected chi connectivity index (χ1v) is 8.15. The minimum absolute atomic E-state index is 0.355. The monoisotopic (exact) mass is 345 g/mol. The molecule has 1 fully saturated rings. The van der Waals surface area contributed by atoms with Crippen LogP contribution >= 0.6 is 27.5 Å². The van der Waals surface area contributed by atoms with E-state index in [1.165, 1.54) is 12.0 Å². The van der Waals surface area contributed by atoms with Crippen molar-refractivity contribution < 1.29 is 4.74 Å². The summed E-state index contributed by atoms with van der Waals surface area (Å²) in [6.07, 6.45) is 3.52. The van der Waals surface area contributed by atoms with Crippen LogP contribution in [-0.2, 0) is 4.74 Å². The lowest BCUT2D eigenvalue weighted by Gasteiger charge is -2.31. The molecule has 2 unspecified atom stereocenters. The predicted molar refractivity (Wildman–Crippen MR) is 83.7 cm³/mol. The molecule has 0 amide bonds. The minimum Gasteiger partial charge on any atom is -0.381 e. The molecule has 1 aromatic rings. The summed E-state index contributed by atoms with van der Waals surface area (Å²) in [5.41, 5.74) is 1.29.